The molecule has 9 nitrogen and oxygen atoms in total. The number of hydrogen-bond acceptors (Lipinski definition) is 6. The lowest BCUT2D eigenvalue weighted by Crippen LogP contribution is -2.30. The third-order valence-electron chi connectivity index (χ3n) is 5.82. The van der Waals surface area contributed by atoms with Crippen molar-refractivity contribution in [3.05, 3.63) is 77.9 Å². The molecule has 1 atom stereocenters. The van der Waals surface area contributed by atoms with E-state index >= 15 is 0 Å². The maximum atomic E-state index is 13.0. The van der Waals surface area contributed by atoms with E-state index in [1.54, 1.807) is 30.3 Å². The third kappa shape index (κ3) is 5.74. The molecule has 1 aliphatic rings. The molecule has 3 aromatic carbocycles. The Kier molecular flexibility index (Phi) is 7.68. The van der Waals surface area contributed by atoms with E-state index in [1.165, 1.54) is 7.11 Å². The number of carbonyl (C=O) groups excluding carboxylic acids is 1. The minimum Gasteiger partial charge on any atom is -0.490 e. The van der Waals surface area contributed by atoms with Crippen molar-refractivity contribution >= 4 is 34.7 Å². The number of amides is 2. The largest absolute Gasteiger partial charge is 0.490 e. The molecule has 0 saturated carbocycles. The average Bonchev–Trinajstić information content (AvgIpc) is 2.88. The Bertz CT molecular complexity index is 1290. The molecule has 3 aromatic rings. The van der Waals surface area contributed by atoms with Gasteiger partial charge < -0.3 is 30.1 Å². The number of urea groups is 1. The number of para-hydroxylation sites is 2. The van der Waals surface area contributed by atoms with Crippen molar-refractivity contribution in [3.63, 3.8) is 0 Å². The Labute approximate surface area is 208 Å². The van der Waals surface area contributed by atoms with E-state index < -0.39 is 12.0 Å². The van der Waals surface area contributed by atoms with Crippen molar-refractivity contribution in [2.75, 3.05) is 42.4 Å². The molecular formula is C27H26N4O5. The van der Waals surface area contributed by atoms with Crippen LogP contribution in [0.4, 0.5) is 27.5 Å². The van der Waals surface area contributed by atoms with Crippen LogP contribution in [0, 0.1) is 11.3 Å². The summed E-state index contributed by atoms with van der Waals surface area (Å²) < 4.78 is 11.0. The highest BCUT2D eigenvalue weighted by Gasteiger charge is 2.24. The lowest BCUT2D eigenvalue weighted by molar-refractivity contribution is -0.137. The van der Waals surface area contributed by atoms with Crippen LogP contribution in [-0.4, -0.2) is 44.0 Å². The van der Waals surface area contributed by atoms with Crippen molar-refractivity contribution in [3.8, 4) is 11.8 Å². The number of anilines is 4. The molecule has 0 spiro atoms. The molecule has 0 saturated heterocycles. The number of rotatable bonds is 8. The Morgan fingerprint density at radius 3 is 2.61 bits per heavy atom. The molecule has 36 heavy (non-hydrogen) atoms. The van der Waals surface area contributed by atoms with Gasteiger partial charge in [-0.3, -0.25) is 4.79 Å². The summed E-state index contributed by atoms with van der Waals surface area (Å²) in [6.07, 6.45) is -0.107. The highest BCUT2D eigenvalue weighted by atomic mass is 16.5. The number of carbonyl (C=O) groups is 2. The second kappa shape index (κ2) is 11.3. The van der Waals surface area contributed by atoms with E-state index in [0.717, 1.165) is 22.7 Å². The molecule has 4 rings (SSSR count). The molecule has 184 valence electrons. The van der Waals surface area contributed by atoms with E-state index in [0.29, 0.717) is 30.1 Å². The minimum atomic E-state index is -0.934. The zero-order valence-electron chi connectivity index (χ0n) is 19.7. The first-order valence-corrected chi connectivity index (χ1v) is 11.4. The maximum Gasteiger partial charge on any atom is 0.323 e. The highest BCUT2D eigenvalue weighted by Crippen LogP contribution is 2.40. The van der Waals surface area contributed by atoms with Gasteiger partial charge in [0.25, 0.3) is 0 Å². The molecule has 0 bridgehead atoms. The van der Waals surface area contributed by atoms with Crippen molar-refractivity contribution in [1.29, 1.82) is 5.26 Å². The first-order chi connectivity index (χ1) is 17.5. The first kappa shape index (κ1) is 24.6. The third-order valence-corrected chi connectivity index (χ3v) is 5.82. The fourth-order valence-corrected chi connectivity index (χ4v) is 4.16. The molecule has 0 unspecified atom stereocenters. The molecule has 0 radical (unpaired) electrons. The van der Waals surface area contributed by atoms with Gasteiger partial charge in [0.05, 0.1) is 48.3 Å². The van der Waals surface area contributed by atoms with Crippen LogP contribution >= 0.6 is 0 Å². The number of nitriles is 1. The number of carboxylic acid groups (broad SMARTS) is 1. The van der Waals surface area contributed by atoms with Gasteiger partial charge in [0.2, 0.25) is 0 Å². The van der Waals surface area contributed by atoms with Gasteiger partial charge in [-0.25, -0.2) is 4.79 Å². The fraction of sp³-hybridized carbons (Fsp3) is 0.222. The normalized spacial score (nSPS) is 13.1. The summed E-state index contributed by atoms with van der Waals surface area (Å²) in [5.41, 5.74) is 3.88. The van der Waals surface area contributed by atoms with Crippen molar-refractivity contribution in [2.45, 2.75) is 12.3 Å². The van der Waals surface area contributed by atoms with Gasteiger partial charge in [0, 0.05) is 18.7 Å². The van der Waals surface area contributed by atoms with Gasteiger partial charge in [0.1, 0.15) is 12.4 Å². The summed E-state index contributed by atoms with van der Waals surface area (Å²) in [6, 6.07) is 21.3. The lowest BCUT2D eigenvalue weighted by Gasteiger charge is -2.33. The number of carboxylic acids is 1. The number of fused-ring (bicyclic) bond motifs is 1. The average molecular weight is 487 g/mol. The van der Waals surface area contributed by atoms with Crippen LogP contribution in [0.25, 0.3) is 0 Å². The van der Waals surface area contributed by atoms with E-state index in [-0.39, 0.29) is 18.9 Å². The van der Waals surface area contributed by atoms with Gasteiger partial charge in [-0.05, 0) is 54.1 Å². The number of methoxy groups -OCH3 is 1. The molecule has 0 aliphatic carbocycles. The van der Waals surface area contributed by atoms with Gasteiger partial charge in [0.15, 0.2) is 0 Å². The molecule has 9 heteroatoms. The molecule has 1 aliphatic heterocycles. The predicted octanol–water partition coefficient (Wildman–Crippen LogP) is 4.94. The van der Waals surface area contributed by atoms with E-state index in [2.05, 4.69) is 15.5 Å². The number of benzene rings is 3. The number of ether oxygens (including phenoxy) is 2. The fourth-order valence-electron chi connectivity index (χ4n) is 4.16. The van der Waals surface area contributed by atoms with Gasteiger partial charge in [-0.2, -0.15) is 5.26 Å². The summed E-state index contributed by atoms with van der Waals surface area (Å²) >= 11 is 0. The molecule has 0 aromatic heterocycles. The van der Waals surface area contributed by atoms with Crippen LogP contribution < -0.4 is 20.3 Å². The second-order valence-corrected chi connectivity index (χ2v) is 8.26. The standard InChI is InChI=1S/C27H26N4O5/c1-35-17-20(15-26(32)33)19-8-11-23(31-12-13-36-25-5-3-2-4-24(25)31)22(14-19)30-27(34)29-21-9-6-18(16-28)7-10-21/h2-11,14,20H,12-13,15,17H2,1H3,(H,32,33)(H2,29,30,34)/t20-/m0/s1. The van der Waals surface area contributed by atoms with Gasteiger partial charge >= 0.3 is 12.0 Å². The SMILES string of the molecule is COC[C@H](CC(=O)O)c1ccc(N2CCOc3ccccc32)c(NC(=O)Nc2ccc(C#N)cc2)c1. The Morgan fingerprint density at radius 1 is 1.11 bits per heavy atom. The highest BCUT2D eigenvalue weighted by molar-refractivity contribution is 6.02. The second-order valence-electron chi connectivity index (χ2n) is 8.26. The Hall–Kier alpha value is -4.55. The molecule has 0 fully saturated rings. The van der Waals surface area contributed by atoms with Gasteiger partial charge in [-0.15, -0.1) is 0 Å². The zero-order chi connectivity index (χ0) is 25.5. The van der Waals surface area contributed by atoms with E-state index in [1.807, 2.05) is 42.5 Å². The van der Waals surface area contributed by atoms with Crippen LogP contribution in [0.5, 0.6) is 5.75 Å². The van der Waals surface area contributed by atoms with Crippen molar-refractivity contribution in [2.24, 2.45) is 0 Å². The van der Waals surface area contributed by atoms with Crippen LogP contribution in [0.2, 0.25) is 0 Å². The topological polar surface area (TPSA) is 124 Å². The zero-order valence-corrected chi connectivity index (χ0v) is 19.7. The van der Waals surface area contributed by atoms with Crippen molar-refractivity contribution < 1.29 is 24.2 Å². The Morgan fingerprint density at radius 2 is 1.89 bits per heavy atom. The minimum absolute atomic E-state index is 0.107. The maximum absolute atomic E-state index is 13.0. The molecular weight excluding hydrogens is 460 g/mol. The number of hydrogen-bond donors (Lipinski definition) is 3. The van der Waals surface area contributed by atoms with E-state index in [9.17, 15) is 14.7 Å². The monoisotopic (exact) mass is 486 g/mol. The lowest BCUT2D eigenvalue weighted by atomic mass is 9.95. The number of nitrogens with zero attached hydrogens (tertiary/aromatic N) is 2. The molecule has 2 amide bonds. The first-order valence-electron chi connectivity index (χ1n) is 11.4. The summed E-state index contributed by atoms with van der Waals surface area (Å²) in [7, 11) is 1.53. The smallest absolute Gasteiger partial charge is 0.323 e. The molecule has 3 N–H and O–H groups in total. The molecule has 1 heterocycles. The Balaban J connectivity index is 1.68. The van der Waals surface area contributed by atoms with Crippen LogP contribution in [0.1, 0.15) is 23.5 Å². The predicted molar refractivity (Wildman–Crippen MR) is 136 cm³/mol. The van der Waals surface area contributed by atoms with E-state index in [4.69, 9.17) is 14.7 Å². The summed E-state index contributed by atoms with van der Waals surface area (Å²) in [5.74, 6) is -0.582. The summed E-state index contributed by atoms with van der Waals surface area (Å²) in [5, 5.41) is 24.1. The number of aliphatic carboxylic acids is 1. The summed E-state index contributed by atoms with van der Waals surface area (Å²) in [6.45, 7) is 1.27. The van der Waals surface area contributed by atoms with Crippen LogP contribution in [0.3, 0.4) is 0 Å². The van der Waals surface area contributed by atoms with Crippen molar-refractivity contribution in [1.82, 2.24) is 0 Å². The quantitative estimate of drug-likeness (QED) is 0.412. The van der Waals surface area contributed by atoms with Crippen LogP contribution in [0.15, 0.2) is 66.7 Å². The number of nitrogens with one attached hydrogen (secondary N) is 2. The van der Waals surface area contributed by atoms with Crippen LogP contribution in [-0.2, 0) is 9.53 Å². The summed E-state index contributed by atoms with van der Waals surface area (Å²) in [4.78, 5) is 26.5. The van der Waals surface area contributed by atoms with Gasteiger partial charge in [-0.1, -0.05) is 18.2 Å².